The summed E-state index contributed by atoms with van der Waals surface area (Å²) in [5.41, 5.74) is -0.375. The van der Waals surface area contributed by atoms with Gasteiger partial charge in [0.05, 0.1) is 17.9 Å². The summed E-state index contributed by atoms with van der Waals surface area (Å²) in [5, 5.41) is 7.67. The van der Waals surface area contributed by atoms with E-state index in [4.69, 9.17) is 4.74 Å². The van der Waals surface area contributed by atoms with Crippen LogP contribution in [0.1, 0.15) is 32.2 Å². The summed E-state index contributed by atoms with van der Waals surface area (Å²) in [5.74, 6) is -0.921. The smallest absolute Gasteiger partial charge is 0.307 e. The molecule has 1 unspecified atom stereocenters. The van der Waals surface area contributed by atoms with E-state index in [1.807, 2.05) is 30.7 Å². The molecular formula is C19H20BrFN4O2S2. The molecule has 3 aromatic heterocycles. The van der Waals surface area contributed by atoms with Gasteiger partial charge in [-0.3, -0.25) is 4.79 Å². The van der Waals surface area contributed by atoms with E-state index in [-0.39, 0.29) is 35.2 Å². The normalized spacial score (nSPS) is 12.6. The third kappa shape index (κ3) is 4.99. The zero-order valence-corrected chi connectivity index (χ0v) is 19.3. The van der Waals surface area contributed by atoms with Crippen molar-refractivity contribution in [3.05, 3.63) is 44.6 Å². The van der Waals surface area contributed by atoms with E-state index in [1.165, 1.54) is 22.7 Å². The Morgan fingerprint density at radius 2 is 2.14 bits per heavy atom. The third-order valence-corrected chi connectivity index (χ3v) is 6.76. The topological polar surface area (TPSA) is 77.0 Å². The number of carbonyl (C=O) groups is 1. The highest BCUT2D eigenvalue weighted by Gasteiger charge is 2.36. The number of carbonyl (C=O) groups excluding carboxylic acids is 1. The maximum absolute atomic E-state index is 15.3. The summed E-state index contributed by atoms with van der Waals surface area (Å²) in [4.78, 5) is 25.7. The maximum Gasteiger partial charge on any atom is 0.307 e. The lowest BCUT2D eigenvalue weighted by molar-refractivity contribution is -0.143. The molecule has 0 aromatic carbocycles. The van der Waals surface area contributed by atoms with Crippen LogP contribution in [0.25, 0.3) is 10.6 Å². The Labute approximate surface area is 184 Å². The molecule has 0 aliphatic rings. The molecule has 0 saturated heterocycles. The van der Waals surface area contributed by atoms with Crippen molar-refractivity contribution < 1.29 is 13.9 Å². The Bertz CT molecular complexity index is 965. The summed E-state index contributed by atoms with van der Waals surface area (Å²) in [7, 11) is 0. The van der Waals surface area contributed by atoms with E-state index in [1.54, 1.807) is 19.2 Å². The number of esters is 1. The minimum absolute atomic E-state index is 0.0224. The molecule has 154 valence electrons. The van der Waals surface area contributed by atoms with Crippen molar-refractivity contribution in [2.75, 3.05) is 11.9 Å². The molecule has 3 heterocycles. The molecule has 1 atom stereocenters. The van der Waals surface area contributed by atoms with Crippen LogP contribution in [0.5, 0.6) is 0 Å². The number of ether oxygens (including phenoxy) is 1. The molecule has 3 rings (SSSR count). The maximum atomic E-state index is 15.3. The molecule has 1 N–H and O–H groups in total. The van der Waals surface area contributed by atoms with E-state index in [9.17, 15) is 4.79 Å². The van der Waals surface area contributed by atoms with Crippen LogP contribution in [0, 0.1) is 5.82 Å². The summed E-state index contributed by atoms with van der Waals surface area (Å²) in [6.45, 7) is 5.94. The van der Waals surface area contributed by atoms with Gasteiger partial charge < -0.3 is 10.1 Å². The highest BCUT2D eigenvalue weighted by atomic mass is 79.9. The number of nitrogens with zero attached hydrogens (tertiary/aromatic N) is 3. The first-order valence-electron chi connectivity index (χ1n) is 8.92. The second-order valence-electron chi connectivity index (χ2n) is 6.75. The fourth-order valence-corrected chi connectivity index (χ4v) is 4.70. The summed E-state index contributed by atoms with van der Waals surface area (Å²) < 4.78 is 20.6. The van der Waals surface area contributed by atoms with Crippen molar-refractivity contribution >= 4 is 50.4 Å². The summed E-state index contributed by atoms with van der Waals surface area (Å²) in [6, 6.07) is 3.12. The van der Waals surface area contributed by atoms with E-state index in [0.29, 0.717) is 4.88 Å². The van der Waals surface area contributed by atoms with Crippen molar-refractivity contribution in [1.82, 2.24) is 15.0 Å². The van der Waals surface area contributed by atoms with Gasteiger partial charge in [-0.15, -0.1) is 22.7 Å². The predicted octanol–water partition coefficient (Wildman–Crippen LogP) is 5.27. The molecule has 0 bridgehead atoms. The lowest BCUT2D eigenvalue weighted by Gasteiger charge is -2.33. The molecule has 0 amide bonds. The molecular weight excluding hydrogens is 479 g/mol. The minimum atomic E-state index is -0.576. The third-order valence-electron chi connectivity index (χ3n) is 4.42. The zero-order chi connectivity index (χ0) is 21.0. The SMILES string of the molecule is CCOC(=O)CC(Nc1nc(Br)nc(-c2cccs2)c1F)C(C)(C)c1nccs1. The molecule has 29 heavy (non-hydrogen) atoms. The van der Waals surface area contributed by atoms with Crippen LogP contribution in [-0.4, -0.2) is 33.6 Å². The minimum Gasteiger partial charge on any atom is -0.466 e. The fraction of sp³-hybridized carbons (Fsp3) is 0.368. The zero-order valence-electron chi connectivity index (χ0n) is 16.1. The van der Waals surface area contributed by atoms with E-state index >= 15 is 4.39 Å². The molecule has 0 saturated carbocycles. The fourth-order valence-electron chi connectivity index (χ4n) is 2.82. The molecule has 0 aliphatic carbocycles. The molecule has 0 radical (unpaired) electrons. The van der Waals surface area contributed by atoms with Crippen LogP contribution >= 0.6 is 38.6 Å². The molecule has 0 fully saturated rings. The van der Waals surface area contributed by atoms with Crippen LogP contribution in [0.2, 0.25) is 0 Å². The van der Waals surface area contributed by atoms with Gasteiger partial charge >= 0.3 is 5.97 Å². The average molecular weight is 499 g/mol. The van der Waals surface area contributed by atoms with E-state index < -0.39 is 17.3 Å². The molecule has 10 heteroatoms. The van der Waals surface area contributed by atoms with Gasteiger partial charge in [-0.1, -0.05) is 19.9 Å². The van der Waals surface area contributed by atoms with Crippen molar-refractivity contribution in [1.29, 1.82) is 0 Å². The van der Waals surface area contributed by atoms with Gasteiger partial charge in [0, 0.05) is 23.0 Å². The summed E-state index contributed by atoms with van der Waals surface area (Å²) in [6.07, 6.45) is 1.75. The van der Waals surface area contributed by atoms with Gasteiger partial charge in [0.25, 0.3) is 0 Å². The van der Waals surface area contributed by atoms with Gasteiger partial charge in [0.1, 0.15) is 10.7 Å². The number of hydrogen-bond donors (Lipinski definition) is 1. The Morgan fingerprint density at radius 1 is 1.34 bits per heavy atom. The Kier molecular flexibility index (Phi) is 6.97. The van der Waals surface area contributed by atoms with Crippen molar-refractivity contribution in [2.24, 2.45) is 0 Å². The lowest BCUT2D eigenvalue weighted by Crippen LogP contribution is -2.42. The number of thiazole rings is 1. The first kappa shape index (κ1) is 21.8. The average Bonchev–Trinajstić information content (AvgIpc) is 3.38. The van der Waals surface area contributed by atoms with Crippen LogP contribution in [0.4, 0.5) is 10.2 Å². The second-order valence-corrected chi connectivity index (χ2v) is 9.30. The lowest BCUT2D eigenvalue weighted by atomic mass is 9.83. The van der Waals surface area contributed by atoms with Crippen LogP contribution in [0.15, 0.2) is 33.8 Å². The van der Waals surface area contributed by atoms with Crippen LogP contribution < -0.4 is 5.32 Å². The first-order valence-corrected chi connectivity index (χ1v) is 11.5. The standard InChI is InChI=1S/C19H20BrFN4O2S2/c1-4-27-13(26)10-12(19(2,3)17-22-7-9-29-17)23-16-14(21)15(24-18(20)25-16)11-6-5-8-28-11/h5-9,12H,4,10H2,1-3H3,(H,23,24,25). The molecule has 0 aliphatic heterocycles. The number of rotatable bonds is 8. The predicted molar refractivity (Wildman–Crippen MR) is 117 cm³/mol. The number of thiophene rings is 1. The Balaban J connectivity index is 1.98. The van der Waals surface area contributed by atoms with Gasteiger partial charge in [0.2, 0.25) is 0 Å². The number of aromatic nitrogens is 3. The number of anilines is 1. The van der Waals surface area contributed by atoms with E-state index in [0.717, 1.165) is 5.01 Å². The van der Waals surface area contributed by atoms with Gasteiger partial charge in [-0.25, -0.2) is 19.3 Å². The molecule has 6 nitrogen and oxygen atoms in total. The number of nitrogens with one attached hydrogen (secondary N) is 1. The molecule has 3 aromatic rings. The highest BCUT2D eigenvalue weighted by molar-refractivity contribution is 9.10. The molecule has 0 spiro atoms. The first-order chi connectivity index (χ1) is 13.8. The Hall–Kier alpha value is -1.91. The van der Waals surface area contributed by atoms with Gasteiger partial charge in [-0.05, 0) is 34.3 Å². The van der Waals surface area contributed by atoms with Crippen LogP contribution in [-0.2, 0) is 14.9 Å². The quantitative estimate of drug-likeness (QED) is 0.336. The number of hydrogen-bond acceptors (Lipinski definition) is 8. The Morgan fingerprint density at radius 3 is 2.76 bits per heavy atom. The highest BCUT2D eigenvalue weighted by Crippen LogP contribution is 2.35. The second kappa shape index (κ2) is 9.27. The van der Waals surface area contributed by atoms with Crippen molar-refractivity contribution in [3.63, 3.8) is 0 Å². The van der Waals surface area contributed by atoms with Crippen molar-refractivity contribution in [3.8, 4) is 10.6 Å². The van der Waals surface area contributed by atoms with Crippen LogP contribution in [0.3, 0.4) is 0 Å². The van der Waals surface area contributed by atoms with Crippen molar-refractivity contribution in [2.45, 2.75) is 38.6 Å². The van der Waals surface area contributed by atoms with Gasteiger partial charge in [0.15, 0.2) is 16.4 Å². The number of halogens is 2. The van der Waals surface area contributed by atoms with E-state index in [2.05, 4.69) is 36.2 Å². The summed E-state index contributed by atoms with van der Waals surface area (Å²) >= 11 is 6.13. The van der Waals surface area contributed by atoms with Gasteiger partial charge in [-0.2, -0.15) is 0 Å². The monoisotopic (exact) mass is 498 g/mol. The largest absolute Gasteiger partial charge is 0.466 e.